The van der Waals surface area contributed by atoms with Crippen molar-refractivity contribution in [2.75, 3.05) is 46.2 Å². The average Bonchev–Trinajstić information content (AvgIpc) is 1.90. The predicted octanol–water partition coefficient (Wildman–Crippen LogP) is 23.4. The maximum absolute atomic E-state index is 13.5. The summed E-state index contributed by atoms with van der Waals surface area (Å²) in [6.07, 6.45) is 25.4. The minimum atomic E-state index is -3.25. The fraction of sp³-hybridized carbons (Fsp3) is 0.647. The Balaban J connectivity index is 0.000000317. The topological polar surface area (TPSA) is 98.8 Å². The highest BCUT2D eigenvalue weighted by Crippen LogP contribution is 2.59. The lowest BCUT2D eigenvalue weighted by molar-refractivity contribution is 0.176. The van der Waals surface area contributed by atoms with Crippen LogP contribution in [0.2, 0.25) is 0 Å². The minimum Gasteiger partial charge on any atom is -0.313 e. The quantitative estimate of drug-likeness (QED) is 0.0245. The van der Waals surface area contributed by atoms with Crippen molar-refractivity contribution in [3.8, 4) is 22.3 Å². The molecule has 0 aliphatic heterocycles. The van der Waals surface area contributed by atoms with Crippen LogP contribution in [0.5, 0.6) is 0 Å². The molecule has 0 spiro atoms. The molecule has 2 aliphatic rings. The summed E-state index contributed by atoms with van der Waals surface area (Å²) in [5.41, 5.74) is 16.1. The lowest BCUT2D eigenvalue weighted by Crippen LogP contribution is -2.26. The predicted molar refractivity (Wildman–Crippen MR) is 357 cm³/mol. The molecule has 2 aliphatic carbocycles. The lowest BCUT2D eigenvalue weighted by Gasteiger charge is -2.33. The second kappa shape index (κ2) is 39.4. The number of hydrogen-bond acceptors (Lipinski definition) is 9. The first kappa shape index (κ1) is 72.9. The summed E-state index contributed by atoms with van der Waals surface area (Å²) in [4.78, 5) is 0. The SMILES string of the molecule is CCCCCCC1(CCCCCC)c2cc(CBr)ccc2-c2ccc(CBr)cc21.CCCCCCC1(CCCCCC)c2cc(CP(=O)(OCC)OCC)ccc2-c2ccc(CP(=O)(OCC)OCC)cc21.CCOP(OCC)OCC. The van der Waals surface area contributed by atoms with E-state index >= 15 is 0 Å². The van der Waals surface area contributed by atoms with Crippen LogP contribution in [0.1, 0.15) is 249 Å². The summed E-state index contributed by atoms with van der Waals surface area (Å²) >= 11 is 7.40. The normalized spacial score (nSPS) is 13.7. The van der Waals surface area contributed by atoms with Gasteiger partial charge in [0.1, 0.15) is 0 Å². The Bertz CT molecular complexity index is 2340. The molecule has 0 atom stereocenters. The maximum Gasteiger partial charge on any atom is 0.335 e. The molecule has 4 aromatic carbocycles. The molecule has 0 fully saturated rings. The van der Waals surface area contributed by atoms with E-state index in [0.717, 1.165) is 47.5 Å². The summed E-state index contributed by atoms with van der Waals surface area (Å²) in [6.45, 7) is 25.7. The van der Waals surface area contributed by atoms with Crippen LogP contribution in [0.15, 0.2) is 72.8 Å². The van der Waals surface area contributed by atoms with E-state index in [1.807, 2.05) is 48.5 Å². The van der Waals surface area contributed by atoms with Crippen LogP contribution < -0.4 is 0 Å². The van der Waals surface area contributed by atoms with Gasteiger partial charge in [0.15, 0.2) is 0 Å². The largest absolute Gasteiger partial charge is 0.335 e. The first-order valence-corrected chi connectivity index (χ1v) is 38.7. The van der Waals surface area contributed by atoms with Crippen molar-refractivity contribution in [3.63, 3.8) is 0 Å². The number of fused-ring (bicyclic) bond motifs is 6. The van der Waals surface area contributed by atoms with E-state index in [4.69, 9.17) is 31.7 Å². The zero-order chi connectivity index (χ0) is 59.9. The molecule has 0 amide bonds. The molecule has 0 aromatic heterocycles. The van der Waals surface area contributed by atoms with E-state index in [-0.39, 0.29) is 23.2 Å². The Hall–Kier alpha value is -1.55. The van der Waals surface area contributed by atoms with Crippen LogP contribution in [-0.4, -0.2) is 46.2 Å². The highest BCUT2D eigenvalue weighted by molar-refractivity contribution is 9.08. The molecule has 6 rings (SSSR count). The Labute approximate surface area is 517 Å². The highest BCUT2D eigenvalue weighted by Gasteiger charge is 2.44. The monoisotopic (exact) mass is 1320 g/mol. The Morgan fingerprint density at radius 2 is 0.610 bits per heavy atom. The molecule has 9 nitrogen and oxygen atoms in total. The molecule has 0 N–H and O–H groups in total. The third-order valence-electron chi connectivity index (χ3n) is 15.9. The number of benzene rings is 4. The number of halogens is 2. The van der Waals surface area contributed by atoms with E-state index in [9.17, 15) is 9.13 Å². The molecule has 0 saturated carbocycles. The van der Waals surface area contributed by atoms with Gasteiger partial charge in [0.05, 0.1) is 58.6 Å². The van der Waals surface area contributed by atoms with E-state index < -0.39 is 23.8 Å². The molecule has 4 aromatic rings. The number of rotatable bonds is 40. The van der Waals surface area contributed by atoms with Crippen LogP contribution in [-0.2, 0) is 74.6 Å². The van der Waals surface area contributed by atoms with Gasteiger partial charge < -0.3 is 31.7 Å². The van der Waals surface area contributed by atoms with Crippen LogP contribution >= 0.6 is 55.7 Å². The third-order valence-corrected chi connectivity index (χ3v) is 22.7. The summed E-state index contributed by atoms with van der Waals surface area (Å²) in [7, 11) is -7.55. The number of hydrogen-bond donors (Lipinski definition) is 0. The van der Waals surface area contributed by atoms with E-state index in [2.05, 4.69) is 132 Å². The molecule has 0 unspecified atom stereocenters. The van der Waals surface area contributed by atoms with Crippen molar-refractivity contribution >= 4 is 55.7 Å². The molecule has 82 heavy (non-hydrogen) atoms. The van der Waals surface area contributed by atoms with Gasteiger partial charge in [-0.15, -0.1) is 0 Å². The van der Waals surface area contributed by atoms with Crippen LogP contribution in [0.4, 0.5) is 0 Å². The molecule has 14 heteroatoms. The minimum absolute atomic E-state index is 0.166. The van der Waals surface area contributed by atoms with E-state index in [1.54, 1.807) is 11.1 Å². The Morgan fingerprint density at radius 3 is 0.841 bits per heavy atom. The van der Waals surface area contributed by atoms with Gasteiger partial charge in [0, 0.05) is 21.5 Å². The van der Waals surface area contributed by atoms with Crippen molar-refractivity contribution in [2.24, 2.45) is 0 Å². The van der Waals surface area contributed by atoms with Crippen molar-refractivity contribution in [3.05, 3.63) is 117 Å². The molecule has 0 heterocycles. The fourth-order valence-electron chi connectivity index (χ4n) is 12.2. The first-order valence-electron chi connectivity index (χ1n) is 31.9. The van der Waals surface area contributed by atoms with Gasteiger partial charge >= 0.3 is 23.8 Å². The first-order chi connectivity index (χ1) is 39.8. The third kappa shape index (κ3) is 21.1. The van der Waals surface area contributed by atoms with Crippen molar-refractivity contribution < 1.29 is 40.8 Å². The zero-order valence-electron chi connectivity index (χ0n) is 52.6. The summed E-state index contributed by atoms with van der Waals surface area (Å²) in [5.74, 6) is 0. The van der Waals surface area contributed by atoms with Gasteiger partial charge in [-0.2, -0.15) is 0 Å². The van der Waals surface area contributed by atoms with Gasteiger partial charge in [-0.1, -0.05) is 235 Å². The van der Waals surface area contributed by atoms with E-state index in [1.165, 1.54) is 147 Å². The lowest BCUT2D eigenvalue weighted by atomic mass is 9.70. The Morgan fingerprint density at radius 1 is 0.354 bits per heavy atom. The second-order valence-corrected chi connectivity index (χ2v) is 28.3. The van der Waals surface area contributed by atoms with Crippen molar-refractivity contribution in [1.29, 1.82) is 0 Å². The van der Waals surface area contributed by atoms with Gasteiger partial charge in [-0.05, 0) is 141 Å². The molecule has 0 bridgehead atoms. The van der Waals surface area contributed by atoms with Crippen LogP contribution in [0.3, 0.4) is 0 Å². The van der Waals surface area contributed by atoms with Crippen molar-refractivity contribution in [1.82, 2.24) is 0 Å². The standard InChI is InChI=1S/C35H56O6P2.C27H36Br2.C6H15O3P/c1-7-13-15-17-23-35(24-18-16-14-8-2)33-25-29(27-42(36,38-9-3)39-10-4)19-21-31(33)32-22-20-30(26-34(32)35)28-43(37,40-11-5)41-12-6;1-3-5-7-9-15-27(16-10-8-6-4-2)25-17-21(19-28)11-13-23(25)24-14-12-22(20-29)18-26(24)27;1-4-7-10(8-5-2)9-6-3/h19-22,25-26H,7-18,23-24,27-28H2,1-6H3;11-14,17-18H,3-10,15-16,19-20H2,1-2H3;4-6H2,1-3H3. The number of unbranched alkanes of at least 4 members (excludes halogenated alkanes) is 12. The molecular formula is C68H107Br2O9P3. The van der Waals surface area contributed by atoms with Gasteiger partial charge in [-0.3, -0.25) is 9.13 Å². The molecule has 462 valence electrons. The maximum atomic E-state index is 13.5. The van der Waals surface area contributed by atoms with Crippen LogP contribution in [0, 0.1) is 0 Å². The van der Waals surface area contributed by atoms with Gasteiger partial charge in [-0.25, -0.2) is 0 Å². The van der Waals surface area contributed by atoms with E-state index in [0.29, 0.717) is 46.2 Å². The van der Waals surface area contributed by atoms with Crippen LogP contribution in [0.25, 0.3) is 22.3 Å². The highest BCUT2D eigenvalue weighted by atomic mass is 79.9. The summed E-state index contributed by atoms with van der Waals surface area (Å²) in [6, 6.07) is 27.6. The number of alkyl halides is 2. The zero-order valence-corrected chi connectivity index (χ0v) is 58.5. The van der Waals surface area contributed by atoms with Gasteiger partial charge in [0.2, 0.25) is 0 Å². The van der Waals surface area contributed by atoms with Gasteiger partial charge in [0.25, 0.3) is 0 Å². The summed E-state index contributed by atoms with van der Waals surface area (Å²) in [5, 5.41) is 1.87. The molecular weight excluding hydrogens is 1210 g/mol. The second-order valence-electron chi connectivity index (χ2n) is 21.9. The summed E-state index contributed by atoms with van der Waals surface area (Å²) < 4.78 is 65.2. The smallest absolute Gasteiger partial charge is 0.313 e. The fourth-order valence-corrected chi connectivity index (χ4v) is 17.1. The molecule has 0 radical (unpaired) electrons. The Kier molecular flexibility index (Phi) is 35.0. The molecule has 0 saturated heterocycles. The van der Waals surface area contributed by atoms with Crippen molar-refractivity contribution in [2.45, 2.75) is 238 Å². The average molecular weight is 1320 g/mol.